The first kappa shape index (κ1) is 13.4. The Kier molecular flexibility index (Phi) is 3.33. The number of H-pyrrole nitrogens is 1. The zero-order valence-electron chi connectivity index (χ0n) is 12.5. The summed E-state index contributed by atoms with van der Waals surface area (Å²) in [6, 6.07) is 6.53. The number of aromatic amines is 1. The van der Waals surface area contributed by atoms with Crippen LogP contribution in [0.15, 0.2) is 24.4 Å². The molecule has 2 aliphatic rings. The second-order valence-electron chi connectivity index (χ2n) is 6.14. The number of carbonyl (C=O) groups is 1. The van der Waals surface area contributed by atoms with Gasteiger partial charge in [0.25, 0.3) is 5.91 Å². The smallest absolute Gasteiger partial charge is 0.253 e. The maximum absolute atomic E-state index is 11.9. The molecule has 1 amide bonds. The topological polar surface area (TPSA) is 69.8 Å². The van der Waals surface area contributed by atoms with Gasteiger partial charge in [0.2, 0.25) is 0 Å². The molecule has 5 heteroatoms. The van der Waals surface area contributed by atoms with Crippen LogP contribution in [0.2, 0.25) is 0 Å². The highest BCUT2D eigenvalue weighted by Gasteiger charge is 2.20. The lowest BCUT2D eigenvalue weighted by atomic mass is 10.1. The lowest BCUT2D eigenvalue weighted by Crippen LogP contribution is -2.31. The molecule has 2 aromatic heterocycles. The predicted octanol–water partition coefficient (Wildman–Crippen LogP) is 2.72. The van der Waals surface area contributed by atoms with Crippen LogP contribution in [0, 0.1) is 0 Å². The first-order valence-corrected chi connectivity index (χ1v) is 8.02. The fourth-order valence-electron chi connectivity index (χ4n) is 3.41. The number of nitrogens with one attached hydrogen (secondary N) is 3. The molecule has 1 fully saturated rings. The van der Waals surface area contributed by atoms with E-state index in [9.17, 15) is 4.79 Å². The number of carbonyl (C=O) groups excluding carboxylic acids is 1. The molecular formula is C17H20N4O. The molecule has 0 saturated heterocycles. The molecule has 2 aromatic rings. The number of pyridine rings is 1. The standard InChI is InChI=1S/C17H20N4O/c22-17-13-10-15(21-14(13)6-8-19-17)11-5-7-18-16(9-11)20-12-3-1-2-4-12/h5,7,9-10,12,21H,1-4,6,8H2,(H,18,20)(H,19,22). The molecule has 114 valence electrons. The maximum atomic E-state index is 11.9. The molecule has 0 radical (unpaired) electrons. The van der Waals surface area contributed by atoms with Crippen LogP contribution in [0.3, 0.4) is 0 Å². The van der Waals surface area contributed by atoms with Crippen molar-refractivity contribution in [1.82, 2.24) is 15.3 Å². The Morgan fingerprint density at radius 1 is 1.23 bits per heavy atom. The Hall–Kier alpha value is -2.30. The molecular weight excluding hydrogens is 276 g/mol. The van der Waals surface area contributed by atoms with Gasteiger partial charge in [0, 0.05) is 42.2 Å². The molecule has 3 heterocycles. The van der Waals surface area contributed by atoms with Gasteiger partial charge in [-0.25, -0.2) is 4.98 Å². The number of aromatic nitrogens is 2. The molecule has 0 unspecified atom stereocenters. The Bertz CT molecular complexity index is 700. The summed E-state index contributed by atoms with van der Waals surface area (Å²) in [6.07, 6.45) is 7.74. The summed E-state index contributed by atoms with van der Waals surface area (Å²) in [5, 5.41) is 6.40. The average molecular weight is 296 g/mol. The molecule has 0 aromatic carbocycles. The second kappa shape index (κ2) is 5.48. The van der Waals surface area contributed by atoms with Gasteiger partial charge < -0.3 is 15.6 Å². The van der Waals surface area contributed by atoms with Crippen LogP contribution in [-0.4, -0.2) is 28.5 Å². The number of amides is 1. The highest BCUT2D eigenvalue weighted by molar-refractivity contribution is 5.97. The fraction of sp³-hybridized carbons (Fsp3) is 0.412. The van der Waals surface area contributed by atoms with E-state index in [0.29, 0.717) is 12.6 Å². The maximum Gasteiger partial charge on any atom is 0.253 e. The first-order valence-electron chi connectivity index (χ1n) is 8.02. The van der Waals surface area contributed by atoms with Crippen molar-refractivity contribution in [3.8, 4) is 11.3 Å². The van der Waals surface area contributed by atoms with Crippen LogP contribution < -0.4 is 10.6 Å². The van der Waals surface area contributed by atoms with Gasteiger partial charge >= 0.3 is 0 Å². The van der Waals surface area contributed by atoms with Crippen molar-refractivity contribution >= 4 is 11.7 Å². The van der Waals surface area contributed by atoms with Crippen molar-refractivity contribution in [2.75, 3.05) is 11.9 Å². The molecule has 0 atom stereocenters. The van der Waals surface area contributed by atoms with Gasteiger partial charge in [-0.3, -0.25) is 4.79 Å². The van der Waals surface area contributed by atoms with Crippen molar-refractivity contribution in [3.63, 3.8) is 0 Å². The van der Waals surface area contributed by atoms with E-state index in [2.05, 4.69) is 26.7 Å². The Labute approximate surface area is 129 Å². The number of fused-ring (bicyclic) bond motifs is 1. The third-order valence-electron chi connectivity index (χ3n) is 4.58. The van der Waals surface area contributed by atoms with Crippen LogP contribution >= 0.6 is 0 Å². The molecule has 5 nitrogen and oxygen atoms in total. The monoisotopic (exact) mass is 296 g/mol. The Morgan fingerprint density at radius 3 is 2.91 bits per heavy atom. The van der Waals surface area contributed by atoms with Crippen molar-refractivity contribution in [2.45, 2.75) is 38.1 Å². The number of nitrogens with zero attached hydrogens (tertiary/aromatic N) is 1. The van der Waals surface area contributed by atoms with Gasteiger partial charge in [0.1, 0.15) is 5.82 Å². The van der Waals surface area contributed by atoms with Gasteiger partial charge in [-0.2, -0.15) is 0 Å². The second-order valence-corrected chi connectivity index (χ2v) is 6.14. The first-order chi connectivity index (χ1) is 10.8. The van der Waals surface area contributed by atoms with Crippen molar-refractivity contribution in [1.29, 1.82) is 0 Å². The number of hydrogen-bond acceptors (Lipinski definition) is 3. The van der Waals surface area contributed by atoms with Gasteiger partial charge in [0.15, 0.2) is 0 Å². The van der Waals surface area contributed by atoms with Crippen molar-refractivity contribution < 1.29 is 4.79 Å². The average Bonchev–Trinajstić information content (AvgIpc) is 3.17. The zero-order chi connectivity index (χ0) is 14.9. The molecule has 4 rings (SSSR count). The third kappa shape index (κ3) is 2.47. The predicted molar refractivity (Wildman–Crippen MR) is 85.9 cm³/mol. The van der Waals surface area contributed by atoms with Crippen LogP contribution in [0.25, 0.3) is 11.3 Å². The quantitative estimate of drug-likeness (QED) is 0.815. The van der Waals surface area contributed by atoms with Gasteiger partial charge in [-0.05, 0) is 31.0 Å². The Balaban J connectivity index is 1.61. The molecule has 22 heavy (non-hydrogen) atoms. The van der Waals surface area contributed by atoms with E-state index < -0.39 is 0 Å². The number of rotatable bonds is 3. The van der Waals surface area contributed by atoms with Crippen LogP contribution in [0.5, 0.6) is 0 Å². The molecule has 0 bridgehead atoms. The summed E-state index contributed by atoms with van der Waals surface area (Å²) in [7, 11) is 0. The zero-order valence-corrected chi connectivity index (χ0v) is 12.5. The minimum atomic E-state index is 0.0158. The number of anilines is 1. The lowest BCUT2D eigenvalue weighted by Gasteiger charge is -2.13. The van der Waals surface area contributed by atoms with Crippen LogP contribution in [0.1, 0.15) is 41.7 Å². The molecule has 1 saturated carbocycles. The van der Waals surface area contributed by atoms with Gasteiger partial charge in [-0.15, -0.1) is 0 Å². The van der Waals surface area contributed by atoms with E-state index in [1.54, 1.807) is 0 Å². The summed E-state index contributed by atoms with van der Waals surface area (Å²) in [4.78, 5) is 19.7. The van der Waals surface area contributed by atoms with Crippen LogP contribution in [-0.2, 0) is 6.42 Å². The largest absolute Gasteiger partial charge is 0.367 e. The molecule has 1 aliphatic heterocycles. The van der Waals surface area contributed by atoms with E-state index in [1.807, 2.05) is 18.3 Å². The number of hydrogen-bond donors (Lipinski definition) is 3. The molecule has 0 spiro atoms. The lowest BCUT2D eigenvalue weighted by molar-refractivity contribution is 0.0946. The summed E-state index contributed by atoms with van der Waals surface area (Å²) in [5.41, 5.74) is 3.85. The van der Waals surface area contributed by atoms with E-state index in [1.165, 1.54) is 25.7 Å². The van der Waals surface area contributed by atoms with Gasteiger partial charge in [0.05, 0.1) is 5.56 Å². The summed E-state index contributed by atoms with van der Waals surface area (Å²) in [6.45, 7) is 0.705. The third-order valence-corrected chi connectivity index (χ3v) is 4.58. The van der Waals surface area contributed by atoms with Gasteiger partial charge in [-0.1, -0.05) is 12.8 Å². The minimum Gasteiger partial charge on any atom is -0.367 e. The van der Waals surface area contributed by atoms with E-state index in [-0.39, 0.29) is 5.91 Å². The van der Waals surface area contributed by atoms with E-state index >= 15 is 0 Å². The molecule has 1 aliphatic carbocycles. The Morgan fingerprint density at radius 2 is 2.09 bits per heavy atom. The SMILES string of the molecule is O=C1NCCc2[nH]c(-c3ccnc(NC4CCCC4)c3)cc21. The summed E-state index contributed by atoms with van der Waals surface area (Å²) >= 11 is 0. The summed E-state index contributed by atoms with van der Waals surface area (Å²) in [5.74, 6) is 0.934. The van der Waals surface area contributed by atoms with Crippen LogP contribution in [0.4, 0.5) is 5.82 Å². The minimum absolute atomic E-state index is 0.0158. The summed E-state index contributed by atoms with van der Waals surface area (Å²) < 4.78 is 0. The van der Waals surface area contributed by atoms with E-state index in [4.69, 9.17) is 0 Å². The van der Waals surface area contributed by atoms with E-state index in [0.717, 1.165) is 34.8 Å². The normalized spacial score (nSPS) is 18.1. The molecule has 3 N–H and O–H groups in total. The van der Waals surface area contributed by atoms with Crippen molar-refractivity contribution in [2.24, 2.45) is 0 Å². The van der Waals surface area contributed by atoms with Crippen molar-refractivity contribution in [3.05, 3.63) is 35.7 Å². The fourth-order valence-corrected chi connectivity index (χ4v) is 3.41. The highest BCUT2D eigenvalue weighted by atomic mass is 16.1. The highest BCUT2D eigenvalue weighted by Crippen LogP contribution is 2.27.